The molecule has 0 aliphatic heterocycles. The molecule has 0 saturated carbocycles. The highest BCUT2D eigenvalue weighted by Crippen LogP contribution is 2.18. The zero-order chi connectivity index (χ0) is 20.1. The van der Waals surface area contributed by atoms with E-state index in [0.717, 1.165) is 22.6 Å². The second-order valence-electron chi connectivity index (χ2n) is 6.59. The van der Waals surface area contributed by atoms with Crippen molar-refractivity contribution in [3.8, 4) is 5.82 Å². The molecule has 0 aliphatic rings. The van der Waals surface area contributed by atoms with Crippen LogP contribution in [0.25, 0.3) is 5.82 Å². The second-order valence-corrected chi connectivity index (χ2v) is 6.59. The highest BCUT2D eigenvalue weighted by atomic mass is 16.1. The molecule has 144 valence electrons. The summed E-state index contributed by atoms with van der Waals surface area (Å²) < 4.78 is 1.68. The predicted molar refractivity (Wildman–Crippen MR) is 112 cm³/mol. The van der Waals surface area contributed by atoms with Crippen molar-refractivity contribution < 1.29 is 4.79 Å². The van der Waals surface area contributed by atoms with Gasteiger partial charge in [0.1, 0.15) is 0 Å². The van der Waals surface area contributed by atoms with Gasteiger partial charge in [-0.05, 0) is 55.0 Å². The average Bonchev–Trinajstić information content (AvgIpc) is 3.17. The number of aromatic nitrogens is 4. The number of nitrogens with zero attached hydrogens (tertiary/aromatic N) is 4. The van der Waals surface area contributed by atoms with Crippen LogP contribution in [0.1, 0.15) is 11.3 Å². The van der Waals surface area contributed by atoms with E-state index in [-0.39, 0.29) is 5.91 Å². The fraction of sp³-hybridized carbons (Fsp3) is 0.0909. The summed E-state index contributed by atoms with van der Waals surface area (Å²) in [5, 5.41) is 18.8. The van der Waals surface area contributed by atoms with Crippen LogP contribution in [0.15, 0.2) is 79.0 Å². The number of hydrogen-bond acceptors (Lipinski definition) is 5. The molecule has 0 spiro atoms. The van der Waals surface area contributed by atoms with Crippen LogP contribution in [0.4, 0.5) is 17.2 Å². The minimum Gasteiger partial charge on any atom is -0.339 e. The van der Waals surface area contributed by atoms with Crippen molar-refractivity contribution in [2.24, 2.45) is 0 Å². The van der Waals surface area contributed by atoms with E-state index in [4.69, 9.17) is 0 Å². The zero-order valence-electron chi connectivity index (χ0n) is 15.9. The Labute approximate surface area is 168 Å². The summed E-state index contributed by atoms with van der Waals surface area (Å²) in [6.07, 6.45) is 2.19. The molecule has 0 radical (unpaired) electrons. The molecule has 0 atom stereocenters. The van der Waals surface area contributed by atoms with Crippen LogP contribution >= 0.6 is 0 Å². The Balaban J connectivity index is 1.35. The standard InChI is InChI=1S/C22H20N6O/c1-16-13-14-28(27-16)21-12-11-20(25-26-21)23-18-7-9-19(10-8-18)24-22(29)15-17-5-3-2-4-6-17/h2-14H,15H2,1H3,(H,23,25)(H,24,29). The van der Waals surface area contributed by atoms with Crippen molar-refractivity contribution in [1.82, 2.24) is 20.0 Å². The third-order valence-electron chi connectivity index (χ3n) is 4.26. The van der Waals surface area contributed by atoms with E-state index in [2.05, 4.69) is 25.9 Å². The van der Waals surface area contributed by atoms with Crippen molar-refractivity contribution in [1.29, 1.82) is 0 Å². The van der Waals surface area contributed by atoms with E-state index in [1.807, 2.05) is 85.9 Å². The van der Waals surface area contributed by atoms with Gasteiger partial charge in [0, 0.05) is 17.6 Å². The number of rotatable bonds is 6. The lowest BCUT2D eigenvalue weighted by atomic mass is 10.1. The van der Waals surface area contributed by atoms with Gasteiger partial charge in [-0.25, -0.2) is 4.68 Å². The van der Waals surface area contributed by atoms with E-state index >= 15 is 0 Å². The van der Waals surface area contributed by atoms with Gasteiger partial charge in [-0.2, -0.15) is 5.10 Å². The van der Waals surface area contributed by atoms with Gasteiger partial charge in [-0.1, -0.05) is 30.3 Å². The highest BCUT2D eigenvalue weighted by molar-refractivity contribution is 5.92. The van der Waals surface area contributed by atoms with Crippen LogP contribution in [0.5, 0.6) is 0 Å². The number of carbonyl (C=O) groups is 1. The van der Waals surface area contributed by atoms with Crippen LogP contribution < -0.4 is 10.6 Å². The predicted octanol–water partition coefficient (Wildman–Crippen LogP) is 3.90. The summed E-state index contributed by atoms with van der Waals surface area (Å²) in [5.74, 6) is 1.23. The first-order valence-electron chi connectivity index (χ1n) is 9.23. The van der Waals surface area contributed by atoms with Crippen molar-refractivity contribution in [2.75, 3.05) is 10.6 Å². The molecular weight excluding hydrogens is 364 g/mol. The zero-order valence-corrected chi connectivity index (χ0v) is 15.9. The van der Waals surface area contributed by atoms with Crippen LogP contribution in [0, 0.1) is 6.92 Å². The van der Waals surface area contributed by atoms with Crippen LogP contribution in [0.3, 0.4) is 0 Å². The fourth-order valence-corrected chi connectivity index (χ4v) is 2.83. The number of nitrogens with one attached hydrogen (secondary N) is 2. The Morgan fingerprint density at radius 3 is 2.31 bits per heavy atom. The summed E-state index contributed by atoms with van der Waals surface area (Å²) >= 11 is 0. The van der Waals surface area contributed by atoms with E-state index < -0.39 is 0 Å². The highest BCUT2D eigenvalue weighted by Gasteiger charge is 2.05. The molecular formula is C22H20N6O. The molecule has 0 bridgehead atoms. The van der Waals surface area contributed by atoms with Gasteiger partial charge in [-0.3, -0.25) is 4.79 Å². The Hall–Kier alpha value is -4.00. The number of anilines is 3. The number of aryl methyl sites for hydroxylation is 1. The van der Waals surface area contributed by atoms with Crippen molar-refractivity contribution in [3.05, 3.63) is 90.3 Å². The van der Waals surface area contributed by atoms with Crippen LogP contribution in [-0.4, -0.2) is 25.9 Å². The topological polar surface area (TPSA) is 84.7 Å². The Morgan fingerprint density at radius 2 is 1.66 bits per heavy atom. The van der Waals surface area contributed by atoms with Gasteiger partial charge in [0.2, 0.25) is 5.91 Å². The maximum Gasteiger partial charge on any atom is 0.228 e. The van der Waals surface area contributed by atoms with E-state index in [1.165, 1.54) is 0 Å². The minimum atomic E-state index is -0.0489. The Kier molecular flexibility index (Phi) is 5.29. The number of amides is 1. The lowest BCUT2D eigenvalue weighted by Crippen LogP contribution is -2.14. The molecule has 2 heterocycles. The molecule has 4 aromatic rings. The van der Waals surface area contributed by atoms with Crippen LogP contribution in [-0.2, 0) is 11.2 Å². The van der Waals surface area contributed by atoms with Crippen molar-refractivity contribution in [2.45, 2.75) is 13.3 Å². The maximum absolute atomic E-state index is 12.2. The van der Waals surface area contributed by atoms with E-state index in [9.17, 15) is 4.79 Å². The molecule has 7 heteroatoms. The van der Waals surface area contributed by atoms with E-state index in [1.54, 1.807) is 4.68 Å². The fourth-order valence-electron chi connectivity index (χ4n) is 2.83. The minimum absolute atomic E-state index is 0.0489. The van der Waals surface area contributed by atoms with Gasteiger partial charge < -0.3 is 10.6 Å². The summed E-state index contributed by atoms with van der Waals surface area (Å²) in [5.41, 5.74) is 3.50. The smallest absolute Gasteiger partial charge is 0.228 e. The molecule has 7 nitrogen and oxygen atoms in total. The first-order valence-corrected chi connectivity index (χ1v) is 9.23. The Morgan fingerprint density at radius 1 is 0.897 bits per heavy atom. The molecule has 0 unspecified atom stereocenters. The molecule has 2 N–H and O–H groups in total. The summed E-state index contributed by atoms with van der Waals surface area (Å²) in [6.45, 7) is 1.92. The quantitative estimate of drug-likeness (QED) is 0.527. The first-order chi connectivity index (χ1) is 14.2. The second kappa shape index (κ2) is 8.35. The molecule has 0 aliphatic carbocycles. The first kappa shape index (κ1) is 18.4. The van der Waals surface area contributed by atoms with E-state index in [0.29, 0.717) is 18.1 Å². The third-order valence-corrected chi connectivity index (χ3v) is 4.26. The summed E-state index contributed by atoms with van der Waals surface area (Å²) in [4.78, 5) is 12.2. The lowest BCUT2D eigenvalue weighted by molar-refractivity contribution is -0.115. The monoisotopic (exact) mass is 384 g/mol. The lowest BCUT2D eigenvalue weighted by Gasteiger charge is -2.08. The number of hydrogen-bond donors (Lipinski definition) is 2. The van der Waals surface area contributed by atoms with Gasteiger partial charge in [0.05, 0.1) is 12.1 Å². The van der Waals surface area contributed by atoms with Crippen molar-refractivity contribution in [3.63, 3.8) is 0 Å². The summed E-state index contributed by atoms with van der Waals surface area (Å²) in [6, 6.07) is 22.7. The Bertz CT molecular complexity index is 1090. The molecule has 29 heavy (non-hydrogen) atoms. The van der Waals surface area contributed by atoms with Gasteiger partial charge in [0.25, 0.3) is 0 Å². The van der Waals surface area contributed by atoms with Gasteiger partial charge in [-0.15, -0.1) is 10.2 Å². The molecule has 0 fully saturated rings. The van der Waals surface area contributed by atoms with Crippen LogP contribution in [0.2, 0.25) is 0 Å². The number of carbonyl (C=O) groups excluding carboxylic acids is 1. The maximum atomic E-state index is 12.2. The average molecular weight is 384 g/mol. The molecule has 0 saturated heterocycles. The normalized spacial score (nSPS) is 10.5. The molecule has 2 aromatic heterocycles. The third kappa shape index (κ3) is 4.84. The number of benzene rings is 2. The van der Waals surface area contributed by atoms with Gasteiger partial charge in [0.15, 0.2) is 11.6 Å². The summed E-state index contributed by atoms with van der Waals surface area (Å²) in [7, 11) is 0. The molecule has 4 rings (SSSR count). The molecule has 2 aromatic carbocycles. The van der Waals surface area contributed by atoms with Gasteiger partial charge >= 0.3 is 0 Å². The SMILES string of the molecule is Cc1ccn(-c2ccc(Nc3ccc(NC(=O)Cc4ccccc4)cc3)nn2)n1. The van der Waals surface area contributed by atoms with Crippen molar-refractivity contribution >= 4 is 23.1 Å². The largest absolute Gasteiger partial charge is 0.339 e. The molecule has 1 amide bonds.